The van der Waals surface area contributed by atoms with Gasteiger partial charge in [-0.3, -0.25) is 4.79 Å². The van der Waals surface area contributed by atoms with Crippen LogP contribution in [0, 0.1) is 17.6 Å². The molecule has 146 valence electrons. The Morgan fingerprint density at radius 2 is 2.14 bits per heavy atom. The topological polar surface area (TPSA) is 80.3 Å². The molecule has 0 bridgehead atoms. The molecule has 8 heteroatoms. The van der Waals surface area contributed by atoms with Gasteiger partial charge in [-0.05, 0) is 42.5 Å². The number of imidazole rings is 1. The van der Waals surface area contributed by atoms with Crippen molar-refractivity contribution in [2.24, 2.45) is 5.92 Å². The van der Waals surface area contributed by atoms with Gasteiger partial charge in [0.25, 0.3) is 5.91 Å². The highest BCUT2D eigenvalue weighted by Gasteiger charge is 2.35. The number of halogens is 2. The van der Waals surface area contributed by atoms with E-state index in [2.05, 4.69) is 10.3 Å². The number of hydrogen-bond donors (Lipinski definition) is 2. The quantitative estimate of drug-likeness (QED) is 0.705. The number of aromatic nitrogens is 2. The number of amides is 1. The fourth-order valence-corrected chi connectivity index (χ4v) is 3.73. The molecule has 4 rings (SSSR count). The first-order chi connectivity index (χ1) is 13.5. The second kappa shape index (κ2) is 7.55. The number of aliphatic hydroxyl groups excluding tert-OH is 1. The van der Waals surface area contributed by atoms with Crippen LogP contribution in [-0.4, -0.2) is 32.7 Å². The van der Waals surface area contributed by atoms with Gasteiger partial charge in [0, 0.05) is 24.5 Å². The number of nitrogens with zero attached hydrogens (tertiary/aromatic N) is 2. The average molecular weight is 387 g/mol. The summed E-state index contributed by atoms with van der Waals surface area (Å²) in [6.07, 6.45) is 7.10. The van der Waals surface area contributed by atoms with Crippen molar-refractivity contribution < 1.29 is 23.1 Å². The molecule has 0 aliphatic heterocycles. The Balaban J connectivity index is 1.46. The van der Waals surface area contributed by atoms with E-state index >= 15 is 0 Å². The molecule has 0 radical (unpaired) electrons. The molecular formula is C20H19F2N3O3. The van der Waals surface area contributed by atoms with Crippen molar-refractivity contribution in [3.05, 3.63) is 66.6 Å². The van der Waals surface area contributed by atoms with E-state index in [4.69, 9.17) is 4.42 Å². The molecule has 3 atom stereocenters. The molecule has 1 saturated carbocycles. The maximum absolute atomic E-state index is 13.5. The first-order valence-corrected chi connectivity index (χ1v) is 8.99. The lowest BCUT2D eigenvalue weighted by Crippen LogP contribution is -2.39. The van der Waals surface area contributed by atoms with Crippen molar-refractivity contribution in [1.82, 2.24) is 14.9 Å². The van der Waals surface area contributed by atoms with Crippen molar-refractivity contribution in [1.29, 1.82) is 0 Å². The van der Waals surface area contributed by atoms with Gasteiger partial charge in [-0.15, -0.1) is 0 Å². The molecule has 2 heterocycles. The summed E-state index contributed by atoms with van der Waals surface area (Å²) in [6.45, 7) is 0.713. The van der Waals surface area contributed by atoms with Crippen LogP contribution < -0.4 is 5.32 Å². The molecule has 0 saturated heterocycles. The molecule has 1 fully saturated rings. The third-order valence-electron chi connectivity index (χ3n) is 5.07. The van der Waals surface area contributed by atoms with E-state index in [0.717, 1.165) is 12.1 Å². The summed E-state index contributed by atoms with van der Waals surface area (Å²) in [5, 5.41) is 13.1. The molecule has 2 aromatic heterocycles. The van der Waals surface area contributed by atoms with E-state index in [-0.39, 0.29) is 11.7 Å². The second-order valence-corrected chi connectivity index (χ2v) is 7.04. The molecule has 1 amide bonds. The van der Waals surface area contributed by atoms with Gasteiger partial charge in [-0.1, -0.05) is 6.07 Å². The molecule has 0 spiro atoms. The Hall–Kier alpha value is -3.00. The van der Waals surface area contributed by atoms with Crippen LogP contribution in [0.3, 0.4) is 0 Å². The number of rotatable bonds is 5. The number of aliphatic hydroxyl groups is 1. The third-order valence-corrected chi connectivity index (χ3v) is 5.07. The number of benzene rings is 1. The fourth-order valence-electron chi connectivity index (χ4n) is 3.73. The largest absolute Gasteiger partial charge is 0.459 e. The van der Waals surface area contributed by atoms with Gasteiger partial charge in [-0.2, -0.15) is 0 Å². The standard InChI is InChI=1S/C20H19F2N3O3/c21-15-2-1-13(9-16(15)22)14-3-6-28-19(14)20(27)24-17-7-12(8-18(17)26)10-25-5-4-23-11-25/h1-6,9,11-12,17-18,26H,7-8,10H2,(H,24,27)/t12?,17-,18-/m1/s1. The van der Waals surface area contributed by atoms with Crippen LogP contribution in [0.25, 0.3) is 11.1 Å². The number of furan rings is 1. The lowest BCUT2D eigenvalue weighted by Gasteiger charge is -2.16. The highest BCUT2D eigenvalue weighted by Crippen LogP contribution is 2.30. The zero-order chi connectivity index (χ0) is 19.7. The van der Waals surface area contributed by atoms with Gasteiger partial charge in [-0.25, -0.2) is 13.8 Å². The summed E-state index contributed by atoms with van der Waals surface area (Å²) in [6, 6.07) is 4.51. The molecule has 3 aromatic rings. The summed E-state index contributed by atoms with van der Waals surface area (Å²) >= 11 is 0. The Labute approximate surface area is 159 Å². The predicted octanol–water partition coefficient (Wildman–Crippen LogP) is 2.99. The predicted molar refractivity (Wildman–Crippen MR) is 96.3 cm³/mol. The first-order valence-electron chi connectivity index (χ1n) is 8.99. The number of nitrogens with one attached hydrogen (secondary N) is 1. The summed E-state index contributed by atoms with van der Waals surface area (Å²) in [4.78, 5) is 16.7. The number of carbonyl (C=O) groups is 1. The van der Waals surface area contributed by atoms with E-state index in [1.165, 1.54) is 18.4 Å². The van der Waals surface area contributed by atoms with E-state index in [9.17, 15) is 18.7 Å². The Morgan fingerprint density at radius 1 is 1.29 bits per heavy atom. The van der Waals surface area contributed by atoms with Crippen LogP contribution in [0.15, 0.2) is 53.7 Å². The van der Waals surface area contributed by atoms with Gasteiger partial charge in [0.1, 0.15) is 0 Å². The van der Waals surface area contributed by atoms with Gasteiger partial charge in [0.05, 0.1) is 24.7 Å². The van der Waals surface area contributed by atoms with Gasteiger partial charge >= 0.3 is 0 Å². The maximum Gasteiger partial charge on any atom is 0.287 e. The minimum absolute atomic E-state index is 0.00346. The molecule has 6 nitrogen and oxygen atoms in total. The summed E-state index contributed by atoms with van der Waals surface area (Å²) in [5.74, 6) is -2.26. The van der Waals surface area contributed by atoms with Crippen LogP contribution in [0.4, 0.5) is 8.78 Å². The highest BCUT2D eigenvalue weighted by molar-refractivity contribution is 5.98. The van der Waals surface area contributed by atoms with Gasteiger partial charge in [0.15, 0.2) is 17.4 Å². The highest BCUT2D eigenvalue weighted by atomic mass is 19.2. The monoisotopic (exact) mass is 387 g/mol. The van der Waals surface area contributed by atoms with E-state index in [1.54, 1.807) is 12.5 Å². The van der Waals surface area contributed by atoms with E-state index in [0.29, 0.717) is 30.5 Å². The maximum atomic E-state index is 13.5. The second-order valence-electron chi connectivity index (χ2n) is 7.04. The zero-order valence-electron chi connectivity index (χ0n) is 14.9. The molecule has 1 unspecified atom stereocenters. The molecule has 2 N–H and O–H groups in total. The van der Waals surface area contributed by atoms with Gasteiger partial charge in [0.2, 0.25) is 0 Å². The SMILES string of the molecule is O=C(N[C@@H]1CC(Cn2ccnc2)C[C@H]1O)c1occc1-c1ccc(F)c(F)c1. The summed E-state index contributed by atoms with van der Waals surface area (Å²) in [5.41, 5.74) is 0.696. The molecule has 1 aromatic carbocycles. The number of hydrogen-bond acceptors (Lipinski definition) is 4. The van der Waals surface area contributed by atoms with E-state index < -0.39 is 29.7 Å². The van der Waals surface area contributed by atoms with Crippen molar-refractivity contribution in [3.8, 4) is 11.1 Å². The normalized spacial score (nSPS) is 21.8. The van der Waals surface area contributed by atoms with Crippen molar-refractivity contribution in [3.63, 3.8) is 0 Å². The Morgan fingerprint density at radius 3 is 2.89 bits per heavy atom. The third kappa shape index (κ3) is 3.68. The molecular weight excluding hydrogens is 368 g/mol. The van der Waals surface area contributed by atoms with Crippen LogP contribution in [0.1, 0.15) is 23.4 Å². The Bertz CT molecular complexity index is 971. The minimum atomic E-state index is -1.00. The Kier molecular flexibility index (Phi) is 4.95. The van der Waals surface area contributed by atoms with E-state index in [1.807, 2.05) is 10.8 Å². The molecule has 1 aliphatic carbocycles. The van der Waals surface area contributed by atoms with Crippen LogP contribution >= 0.6 is 0 Å². The molecule has 28 heavy (non-hydrogen) atoms. The smallest absolute Gasteiger partial charge is 0.287 e. The zero-order valence-corrected chi connectivity index (χ0v) is 14.9. The van der Waals surface area contributed by atoms with Crippen molar-refractivity contribution in [2.45, 2.75) is 31.5 Å². The minimum Gasteiger partial charge on any atom is -0.459 e. The summed E-state index contributed by atoms with van der Waals surface area (Å²) < 4.78 is 33.9. The number of carbonyl (C=O) groups excluding carboxylic acids is 1. The fraction of sp³-hybridized carbons (Fsp3) is 0.300. The lowest BCUT2D eigenvalue weighted by molar-refractivity contribution is 0.0847. The van der Waals surface area contributed by atoms with Crippen molar-refractivity contribution in [2.75, 3.05) is 0 Å². The lowest BCUT2D eigenvalue weighted by atomic mass is 10.1. The summed E-state index contributed by atoms with van der Waals surface area (Å²) in [7, 11) is 0. The average Bonchev–Trinajstić information content (AvgIpc) is 3.40. The van der Waals surface area contributed by atoms with Crippen LogP contribution in [0.5, 0.6) is 0 Å². The molecule has 1 aliphatic rings. The van der Waals surface area contributed by atoms with Crippen LogP contribution in [-0.2, 0) is 6.54 Å². The van der Waals surface area contributed by atoms with Crippen LogP contribution in [0.2, 0.25) is 0 Å². The first kappa shape index (κ1) is 18.4. The van der Waals surface area contributed by atoms with Crippen molar-refractivity contribution >= 4 is 5.91 Å². The van der Waals surface area contributed by atoms with Gasteiger partial charge < -0.3 is 19.4 Å².